The number of amides is 1. The van der Waals surface area contributed by atoms with Crippen LogP contribution >= 0.6 is 23.5 Å². The number of unbranched alkanes of at least 4 members (excludes halogenated alkanes) is 2. The van der Waals surface area contributed by atoms with E-state index in [4.69, 9.17) is 25.0 Å². The van der Waals surface area contributed by atoms with Crippen molar-refractivity contribution in [1.29, 1.82) is 0 Å². The first kappa shape index (κ1) is 37.5. The van der Waals surface area contributed by atoms with Crippen LogP contribution < -0.4 is 22.1 Å². The van der Waals surface area contributed by atoms with E-state index in [0.29, 0.717) is 37.1 Å². The Hall–Kier alpha value is -2.99. The number of ether oxygens (including phenoxy) is 2. The molecule has 46 heavy (non-hydrogen) atoms. The van der Waals surface area contributed by atoms with Gasteiger partial charge >= 0.3 is 35.1 Å². The van der Waals surface area contributed by atoms with E-state index in [9.17, 15) is 37.9 Å². The number of carbonyl (C=O) groups excluding carboxylic acids is 2. The SMILES string of the molecule is CNc1ccccc1C(=O)NCCCCCC(=O)O[C@H]1C[C@H](n2ccc(N)nc2=O)O[C@@H]1COP(=O)(O)OP(=O)(O)OP(=O)(O)O. The lowest BCUT2D eigenvalue weighted by Gasteiger charge is -2.21. The van der Waals surface area contributed by atoms with Gasteiger partial charge in [0.2, 0.25) is 0 Å². The van der Waals surface area contributed by atoms with Gasteiger partial charge in [0.1, 0.15) is 24.3 Å². The minimum absolute atomic E-state index is 0.0519. The zero-order chi connectivity index (χ0) is 34.1. The molecule has 0 aliphatic carbocycles. The molecule has 20 nitrogen and oxygen atoms in total. The molecule has 1 aromatic heterocycles. The average molecular weight is 713 g/mol. The number of aromatic nitrogens is 2. The summed E-state index contributed by atoms with van der Waals surface area (Å²) in [4.78, 5) is 77.5. The topological polar surface area (TPSA) is 297 Å². The number of anilines is 2. The number of nitrogen functional groups attached to an aromatic ring is 1. The van der Waals surface area contributed by atoms with E-state index in [1.165, 1.54) is 12.3 Å². The number of nitrogens with two attached hydrogens (primary N) is 1. The number of carbonyl (C=O) groups is 2. The van der Waals surface area contributed by atoms with Crippen molar-refractivity contribution < 1.29 is 65.5 Å². The fourth-order valence-corrected chi connectivity index (χ4v) is 7.29. The Morgan fingerprint density at radius 3 is 2.46 bits per heavy atom. The minimum atomic E-state index is -5.77. The molecule has 2 unspecified atom stereocenters. The van der Waals surface area contributed by atoms with Crippen LogP contribution in [-0.2, 0) is 41.1 Å². The molecule has 0 saturated carbocycles. The molecule has 8 N–H and O–H groups in total. The number of phosphoric ester groups is 1. The van der Waals surface area contributed by atoms with Gasteiger partial charge in [-0.1, -0.05) is 18.6 Å². The van der Waals surface area contributed by atoms with E-state index in [1.54, 1.807) is 31.3 Å². The van der Waals surface area contributed by atoms with E-state index in [-0.39, 0.29) is 24.6 Å². The van der Waals surface area contributed by atoms with Gasteiger partial charge in [-0.25, -0.2) is 18.5 Å². The standard InChI is InChI=1S/C23H34N5O15P3/c1-25-16-8-5-4-7-15(16)22(30)26-11-6-2-3-9-21(29)41-17-13-20(28-12-10-19(24)27-23(28)31)40-18(17)14-39-45(35,36)43-46(37,38)42-44(32,33)34/h4-5,7-8,10,12,17-18,20,25H,2-3,6,9,11,13-14H2,1H3,(H,26,30)(H,35,36)(H,37,38)(H2,24,27,31)(H2,32,33,34)/t17-,18+,20+/m0/s1. The second-order valence-corrected chi connectivity index (χ2v) is 14.1. The molecule has 2 heterocycles. The minimum Gasteiger partial charge on any atom is -0.459 e. The number of hydrogen-bond donors (Lipinski definition) is 7. The van der Waals surface area contributed by atoms with Crippen LogP contribution in [0.25, 0.3) is 0 Å². The van der Waals surface area contributed by atoms with Crippen molar-refractivity contribution in [3.8, 4) is 0 Å². The molecule has 0 spiro atoms. The van der Waals surface area contributed by atoms with Crippen LogP contribution in [0.4, 0.5) is 11.5 Å². The van der Waals surface area contributed by atoms with Gasteiger partial charge in [-0.05, 0) is 31.0 Å². The zero-order valence-electron chi connectivity index (χ0n) is 24.2. The first-order valence-electron chi connectivity index (χ1n) is 13.5. The molecule has 1 saturated heterocycles. The summed E-state index contributed by atoms with van der Waals surface area (Å²) in [7, 11) is -15.2. The summed E-state index contributed by atoms with van der Waals surface area (Å²) >= 11 is 0. The summed E-state index contributed by atoms with van der Waals surface area (Å²) in [5.41, 5.74) is 5.86. The quantitative estimate of drug-likeness (QED) is 0.0692. The Labute approximate surface area is 261 Å². The number of benzene rings is 1. The highest BCUT2D eigenvalue weighted by Crippen LogP contribution is 2.66. The van der Waals surface area contributed by atoms with Gasteiger partial charge in [-0.3, -0.25) is 18.7 Å². The molecular formula is C23H34N5O15P3. The molecule has 2 aromatic rings. The molecule has 0 radical (unpaired) electrons. The van der Waals surface area contributed by atoms with Gasteiger partial charge in [0.05, 0.1) is 12.2 Å². The maximum absolute atomic E-state index is 12.6. The first-order chi connectivity index (χ1) is 21.5. The molecule has 256 valence electrons. The summed E-state index contributed by atoms with van der Waals surface area (Å²) < 4.78 is 58.9. The van der Waals surface area contributed by atoms with Gasteiger partial charge in [0.25, 0.3) is 5.91 Å². The molecule has 5 atom stereocenters. The number of phosphoric acid groups is 3. The van der Waals surface area contributed by atoms with Crippen LogP contribution in [0.15, 0.2) is 41.3 Å². The normalized spacial score (nSPS) is 20.8. The molecule has 1 amide bonds. The molecular weight excluding hydrogens is 679 g/mol. The number of hydrogen-bond acceptors (Lipinski definition) is 14. The predicted octanol–water partition coefficient (Wildman–Crippen LogP) is 1.40. The first-order valence-corrected chi connectivity index (χ1v) is 18.0. The molecule has 1 fully saturated rings. The Kier molecular flexibility index (Phi) is 13.2. The van der Waals surface area contributed by atoms with Crippen LogP contribution in [0.2, 0.25) is 0 Å². The van der Waals surface area contributed by atoms with Crippen molar-refractivity contribution in [3.63, 3.8) is 0 Å². The molecule has 3 rings (SSSR count). The van der Waals surface area contributed by atoms with E-state index in [1.807, 2.05) is 0 Å². The van der Waals surface area contributed by atoms with Gasteiger partial charge < -0.3 is 45.4 Å². The second-order valence-electron chi connectivity index (χ2n) is 9.68. The summed E-state index contributed by atoms with van der Waals surface area (Å²) in [5, 5.41) is 5.75. The number of nitrogens with zero attached hydrogens (tertiary/aromatic N) is 2. The lowest BCUT2D eigenvalue weighted by Crippen LogP contribution is -2.31. The Bertz CT molecular complexity index is 1580. The van der Waals surface area contributed by atoms with Crippen LogP contribution in [0.5, 0.6) is 0 Å². The highest BCUT2D eigenvalue weighted by atomic mass is 31.3. The third kappa shape index (κ3) is 12.0. The van der Waals surface area contributed by atoms with E-state index < -0.39 is 60.2 Å². The van der Waals surface area contributed by atoms with E-state index >= 15 is 0 Å². The van der Waals surface area contributed by atoms with Crippen molar-refractivity contribution in [3.05, 3.63) is 52.6 Å². The lowest BCUT2D eigenvalue weighted by atomic mass is 10.1. The molecule has 1 aliphatic rings. The Morgan fingerprint density at radius 2 is 1.78 bits per heavy atom. The summed E-state index contributed by atoms with van der Waals surface area (Å²) in [6, 6.07) is 8.30. The second kappa shape index (κ2) is 16.2. The molecule has 1 aromatic carbocycles. The number of nitrogens with one attached hydrogen (secondary N) is 2. The maximum atomic E-state index is 12.6. The Balaban J connectivity index is 1.55. The highest BCUT2D eigenvalue weighted by Gasteiger charge is 2.44. The molecule has 1 aliphatic heterocycles. The molecule has 0 bridgehead atoms. The van der Waals surface area contributed by atoms with Gasteiger partial charge in [0, 0.05) is 38.3 Å². The fourth-order valence-electron chi connectivity index (χ4n) is 4.26. The average Bonchev–Trinajstić information content (AvgIpc) is 3.33. The van der Waals surface area contributed by atoms with Gasteiger partial charge in [-0.2, -0.15) is 13.6 Å². The monoisotopic (exact) mass is 713 g/mol. The number of rotatable bonds is 17. The van der Waals surface area contributed by atoms with Crippen LogP contribution in [0, 0.1) is 0 Å². The summed E-state index contributed by atoms with van der Waals surface area (Å²) in [5.74, 6) is -1.01. The largest absolute Gasteiger partial charge is 0.490 e. The number of esters is 1. The Morgan fingerprint density at radius 1 is 1.07 bits per heavy atom. The highest BCUT2D eigenvalue weighted by molar-refractivity contribution is 7.66. The predicted molar refractivity (Wildman–Crippen MR) is 158 cm³/mol. The fraction of sp³-hybridized carbons (Fsp3) is 0.478. The van der Waals surface area contributed by atoms with Crippen molar-refractivity contribution in [2.24, 2.45) is 0 Å². The number of para-hydroxylation sites is 1. The van der Waals surface area contributed by atoms with E-state index in [2.05, 4.69) is 28.8 Å². The third-order valence-electron chi connectivity index (χ3n) is 6.23. The maximum Gasteiger partial charge on any atom is 0.490 e. The van der Waals surface area contributed by atoms with Gasteiger partial charge in [-0.15, -0.1) is 0 Å². The van der Waals surface area contributed by atoms with Crippen LogP contribution in [0.1, 0.15) is 48.7 Å². The molecule has 23 heteroatoms. The van der Waals surface area contributed by atoms with Crippen molar-refractivity contribution in [1.82, 2.24) is 14.9 Å². The van der Waals surface area contributed by atoms with Crippen LogP contribution in [-0.4, -0.2) is 73.4 Å². The summed E-state index contributed by atoms with van der Waals surface area (Å²) in [6.07, 6.45) is -1.06. The van der Waals surface area contributed by atoms with Crippen molar-refractivity contribution in [2.45, 2.75) is 50.5 Å². The van der Waals surface area contributed by atoms with E-state index in [0.717, 1.165) is 4.57 Å². The zero-order valence-corrected chi connectivity index (χ0v) is 26.9. The van der Waals surface area contributed by atoms with Crippen molar-refractivity contribution in [2.75, 3.05) is 31.2 Å². The summed E-state index contributed by atoms with van der Waals surface area (Å²) in [6.45, 7) is -0.553. The van der Waals surface area contributed by atoms with Gasteiger partial charge in [0.15, 0.2) is 0 Å². The third-order valence-corrected chi connectivity index (χ3v) is 10.0. The van der Waals surface area contributed by atoms with Crippen LogP contribution in [0.3, 0.4) is 0 Å². The smallest absolute Gasteiger partial charge is 0.459 e. The van der Waals surface area contributed by atoms with Crippen molar-refractivity contribution >= 4 is 46.8 Å². The lowest BCUT2D eigenvalue weighted by molar-refractivity contribution is -0.153.